The van der Waals surface area contributed by atoms with Crippen LogP contribution in [0, 0.1) is 0 Å². The van der Waals surface area contributed by atoms with E-state index < -0.39 is 0 Å². The van der Waals surface area contributed by atoms with Crippen molar-refractivity contribution in [1.82, 2.24) is 16.0 Å². The number of guanidine groups is 1. The first-order valence-electron chi connectivity index (χ1n) is 9.74. The van der Waals surface area contributed by atoms with Crippen LogP contribution >= 0.6 is 0 Å². The van der Waals surface area contributed by atoms with Crippen LogP contribution in [0.25, 0.3) is 0 Å². The Morgan fingerprint density at radius 1 is 1.15 bits per heavy atom. The van der Waals surface area contributed by atoms with E-state index in [0.29, 0.717) is 24.9 Å². The molecule has 26 heavy (non-hydrogen) atoms. The molecular formula is C20H32N4O2. The van der Waals surface area contributed by atoms with Crippen molar-refractivity contribution in [1.29, 1.82) is 0 Å². The molecule has 0 spiro atoms. The number of aliphatic imine (C=N–C) groups is 1. The summed E-state index contributed by atoms with van der Waals surface area (Å²) < 4.78 is 5.55. The van der Waals surface area contributed by atoms with E-state index in [1.54, 1.807) is 0 Å². The first-order chi connectivity index (χ1) is 12.7. The van der Waals surface area contributed by atoms with Crippen molar-refractivity contribution in [2.45, 2.75) is 58.5 Å². The van der Waals surface area contributed by atoms with Gasteiger partial charge in [-0.05, 0) is 44.4 Å². The minimum Gasteiger partial charge on any atom is -0.484 e. The van der Waals surface area contributed by atoms with Gasteiger partial charge in [-0.2, -0.15) is 0 Å². The Morgan fingerprint density at radius 2 is 1.92 bits per heavy atom. The van der Waals surface area contributed by atoms with Crippen molar-refractivity contribution in [3.8, 4) is 5.75 Å². The maximum atomic E-state index is 11.5. The molecule has 0 bridgehead atoms. The van der Waals surface area contributed by atoms with Crippen LogP contribution in [0.3, 0.4) is 0 Å². The van der Waals surface area contributed by atoms with Gasteiger partial charge in [0.05, 0.1) is 6.54 Å². The Balaban J connectivity index is 1.90. The standard InChI is InChI=1S/C20H32N4O2/c1-3-21-19(25)15-26-18-12-8-9-16(13-18)14-23-20(22-4-2)24-17-10-6-5-7-11-17/h8-9,12-13,17H,3-7,10-11,14-15H2,1-2H3,(H,21,25)(H2,22,23,24). The molecule has 3 N–H and O–H groups in total. The smallest absolute Gasteiger partial charge is 0.257 e. The van der Waals surface area contributed by atoms with E-state index in [0.717, 1.165) is 18.1 Å². The second kappa shape index (κ2) is 11.4. The number of ether oxygens (including phenoxy) is 1. The molecule has 1 aromatic rings. The molecule has 0 unspecified atom stereocenters. The van der Waals surface area contributed by atoms with E-state index in [-0.39, 0.29) is 12.5 Å². The molecule has 1 aromatic carbocycles. The third-order valence-electron chi connectivity index (χ3n) is 4.35. The lowest BCUT2D eigenvalue weighted by Gasteiger charge is -2.24. The van der Waals surface area contributed by atoms with Gasteiger partial charge in [-0.1, -0.05) is 31.4 Å². The molecular weight excluding hydrogens is 328 g/mol. The number of carbonyl (C=O) groups excluding carboxylic acids is 1. The summed E-state index contributed by atoms with van der Waals surface area (Å²) in [6, 6.07) is 8.27. The quantitative estimate of drug-likeness (QED) is 0.492. The van der Waals surface area contributed by atoms with E-state index in [1.807, 2.05) is 31.2 Å². The Labute approximate surface area is 156 Å². The van der Waals surface area contributed by atoms with Crippen molar-refractivity contribution in [2.75, 3.05) is 19.7 Å². The van der Waals surface area contributed by atoms with Crippen LogP contribution in [0.2, 0.25) is 0 Å². The third kappa shape index (κ3) is 7.33. The molecule has 0 aromatic heterocycles. The fourth-order valence-corrected chi connectivity index (χ4v) is 3.06. The van der Waals surface area contributed by atoms with Crippen molar-refractivity contribution < 1.29 is 9.53 Å². The van der Waals surface area contributed by atoms with Crippen LogP contribution < -0.4 is 20.7 Å². The summed E-state index contributed by atoms with van der Waals surface area (Å²) in [5, 5.41) is 9.60. The average Bonchev–Trinajstić information content (AvgIpc) is 2.66. The third-order valence-corrected chi connectivity index (χ3v) is 4.35. The zero-order chi connectivity index (χ0) is 18.6. The van der Waals surface area contributed by atoms with Gasteiger partial charge in [-0.25, -0.2) is 4.99 Å². The van der Waals surface area contributed by atoms with Gasteiger partial charge in [0, 0.05) is 19.1 Å². The monoisotopic (exact) mass is 360 g/mol. The summed E-state index contributed by atoms with van der Waals surface area (Å²) >= 11 is 0. The summed E-state index contributed by atoms with van der Waals surface area (Å²) in [6.45, 7) is 6.02. The number of nitrogens with one attached hydrogen (secondary N) is 3. The van der Waals surface area contributed by atoms with E-state index in [4.69, 9.17) is 9.73 Å². The molecule has 1 fully saturated rings. The van der Waals surface area contributed by atoms with E-state index >= 15 is 0 Å². The first-order valence-corrected chi connectivity index (χ1v) is 9.74. The van der Waals surface area contributed by atoms with Crippen molar-refractivity contribution in [3.63, 3.8) is 0 Å². The first kappa shape index (κ1) is 20.1. The summed E-state index contributed by atoms with van der Waals surface area (Å²) in [5.74, 6) is 1.45. The number of carbonyl (C=O) groups is 1. The van der Waals surface area contributed by atoms with Gasteiger partial charge >= 0.3 is 0 Å². The molecule has 6 heteroatoms. The molecule has 0 radical (unpaired) electrons. The topological polar surface area (TPSA) is 74.8 Å². The molecule has 0 saturated heterocycles. The van der Waals surface area contributed by atoms with Gasteiger partial charge < -0.3 is 20.7 Å². The van der Waals surface area contributed by atoms with Crippen LogP contribution in [-0.2, 0) is 11.3 Å². The second-order valence-electron chi connectivity index (χ2n) is 6.56. The van der Waals surface area contributed by atoms with Gasteiger partial charge in [0.15, 0.2) is 12.6 Å². The molecule has 0 heterocycles. The number of amides is 1. The fraction of sp³-hybridized carbons (Fsp3) is 0.600. The molecule has 6 nitrogen and oxygen atoms in total. The minimum atomic E-state index is -0.109. The van der Waals surface area contributed by atoms with Gasteiger partial charge in [0.2, 0.25) is 0 Å². The highest BCUT2D eigenvalue weighted by Gasteiger charge is 2.14. The summed E-state index contributed by atoms with van der Waals surface area (Å²) in [7, 11) is 0. The fourth-order valence-electron chi connectivity index (χ4n) is 3.06. The maximum absolute atomic E-state index is 11.5. The molecule has 2 rings (SSSR count). The van der Waals surface area contributed by atoms with E-state index in [2.05, 4.69) is 22.9 Å². The van der Waals surface area contributed by atoms with Crippen LogP contribution in [-0.4, -0.2) is 37.6 Å². The Morgan fingerprint density at radius 3 is 2.65 bits per heavy atom. The zero-order valence-electron chi connectivity index (χ0n) is 16.0. The van der Waals surface area contributed by atoms with E-state index in [1.165, 1.54) is 32.1 Å². The lowest BCUT2D eigenvalue weighted by molar-refractivity contribution is -0.122. The molecule has 0 aliphatic heterocycles. The number of hydrogen-bond acceptors (Lipinski definition) is 3. The average molecular weight is 361 g/mol. The van der Waals surface area contributed by atoms with Gasteiger partial charge in [-0.3, -0.25) is 4.79 Å². The number of benzene rings is 1. The van der Waals surface area contributed by atoms with Crippen LogP contribution in [0.4, 0.5) is 0 Å². The van der Waals surface area contributed by atoms with Gasteiger partial charge in [-0.15, -0.1) is 0 Å². The maximum Gasteiger partial charge on any atom is 0.257 e. The molecule has 1 amide bonds. The predicted octanol–water partition coefficient (Wildman–Crippen LogP) is 2.59. The number of nitrogens with zero attached hydrogens (tertiary/aromatic N) is 1. The molecule has 144 valence electrons. The highest BCUT2D eigenvalue weighted by molar-refractivity contribution is 5.80. The lowest BCUT2D eigenvalue weighted by atomic mass is 9.96. The van der Waals surface area contributed by atoms with Gasteiger partial charge in [0.1, 0.15) is 5.75 Å². The van der Waals surface area contributed by atoms with Gasteiger partial charge in [0.25, 0.3) is 5.91 Å². The summed E-state index contributed by atoms with van der Waals surface area (Å²) in [6.07, 6.45) is 6.36. The molecule has 0 atom stereocenters. The van der Waals surface area contributed by atoms with Crippen molar-refractivity contribution in [3.05, 3.63) is 29.8 Å². The van der Waals surface area contributed by atoms with Crippen LogP contribution in [0.1, 0.15) is 51.5 Å². The van der Waals surface area contributed by atoms with Crippen LogP contribution in [0.5, 0.6) is 5.75 Å². The number of hydrogen-bond donors (Lipinski definition) is 3. The SMILES string of the molecule is CCNC(=O)COc1cccc(CN=C(NCC)NC2CCCCC2)c1. The lowest BCUT2D eigenvalue weighted by Crippen LogP contribution is -2.44. The predicted molar refractivity (Wildman–Crippen MR) is 105 cm³/mol. The number of rotatable bonds is 8. The highest BCUT2D eigenvalue weighted by atomic mass is 16.5. The summed E-state index contributed by atoms with van der Waals surface area (Å²) in [4.78, 5) is 16.2. The molecule has 1 saturated carbocycles. The zero-order valence-corrected chi connectivity index (χ0v) is 16.0. The minimum absolute atomic E-state index is 0.0342. The molecule has 1 aliphatic rings. The largest absolute Gasteiger partial charge is 0.484 e. The Kier molecular flexibility index (Phi) is 8.79. The Hall–Kier alpha value is -2.24. The summed E-state index contributed by atoms with van der Waals surface area (Å²) in [5.41, 5.74) is 1.05. The van der Waals surface area contributed by atoms with Crippen molar-refractivity contribution >= 4 is 11.9 Å². The number of likely N-dealkylation sites (N-methyl/N-ethyl adjacent to an activating group) is 1. The van der Waals surface area contributed by atoms with Crippen molar-refractivity contribution in [2.24, 2.45) is 4.99 Å². The Bertz CT molecular complexity index is 583. The normalized spacial score (nSPS) is 15.4. The highest BCUT2D eigenvalue weighted by Crippen LogP contribution is 2.17. The van der Waals surface area contributed by atoms with Crippen LogP contribution in [0.15, 0.2) is 29.3 Å². The molecule has 1 aliphatic carbocycles. The second-order valence-corrected chi connectivity index (χ2v) is 6.56. The van der Waals surface area contributed by atoms with E-state index in [9.17, 15) is 4.79 Å².